The summed E-state index contributed by atoms with van der Waals surface area (Å²) in [6.45, 7) is 1.98. The fourth-order valence-electron chi connectivity index (χ4n) is 2.50. The van der Waals surface area contributed by atoms with Crippen LogP contribution in [0.1, 0.15) is 5.56 Å². The summed E-state index contributed by atoms with van der Waals surface area (Å²) in [5.41, 5.74) is 1.97. The van der Waals surface area contributed by atoms with Gasteiger partial charge in [0.15, 0.2) is 0 Å². The lowest BCUT2D eigenvalue weighted by Gasteiger charge is -2.00. The van der Waals surface area contributed by atoms with Crippen LogP contribution in [-0.4, -0.2) is 20.1 Å². The molecule has 0 unspecified atom stereocenters. The summed E-state index contributed by atoms with van der Waals surface area (Å²) in [6.07, 6.45) is 0. The molecule has 2 aromatic heterocycles. The number of anilines is 1. The van der Waals surface area contributed by atoms with E-state index in [1.54, 1.807) is 6.07 Å². The predicted molar refractivity (Wildman–Crippen MR) is 105 cm³/mol. The minimum Gasteiger partial charge on any atom is -0.299 e. The monoisotopic (exact) mass is 382 g/mol. The third-order valence-electron chi connectivity index (χ3n) is 3.81. The summed E-state index contributed by atoms with van der Waals surface area (Å²) >= 11 is 2.58. The molecule has 0 saturated carbocycles. The lowest BCUT2D eigenvalue weighted by Crippen LogP contribution is -2.23. The third-order valence-corrected chi connectivity index (χ3v) is 5.77. The second-order valence-electron chi connectivity index (χ2n) is 5.76. The summed E-state index contributed by atoms with van der Waals surface area (Å²) in [7, 11) is 0. The van der Waals surface area contributed by atoms with Crippen LogP contribution in [0.3, 0.4) is 0 Å². The predicted octanol–water partition coefficient (Wildman–Crippen LogP) is 3.53. The summed E-state index contributed by atoms with van der Waals surface area (Å²) in [6, 6.07) is 15.3. The maximum atomic E-state index is 12.3. The Kier molecular flexibility index (Phi) is 4.36. The van der Waals surface area contributed by atoms with Crippen LogP contribution in [0.4, 0.5) is 5.13 Å². The van der Waals surface area contributed by atoms with E-state index in [1.807, 2.05) is 49.4 Å². The van der Waals surface area contributed by atoms with E-state index >= 15 is 0 Å². The molecule has 2 aromatic carbocycles. The molecule has 4 aromatic rings. The van der Waals surface area contributed by atoms with Gasteiger partial charge in [-0.25, -0.2) is 0 Å². The highest BCUT2D eigenvalue weighted by Gasteiger charge is 2.13. The molecule has 6 nitrogen and oxygen atoms in total. The molecular formula is C18H14N4O2S2. The van der Waals surface area contributed by atoms with Crippen LogP contribution in [0.5, 0.6) is 0 Å². The largest absolute Gasteiger partial charge is 0.299 e. The molecule has 0 bridgehead atoms. The van der Waals surface area contributed by atoms with Crippen LogP contribution in [-0.2, 0) is 11.3 Å². The van der Waals surface area contributed by atoms with Crippen molar-refractivity contribution in [2.24, 2.45) is 0 Å². The Hall–Kier alpha value is -2.84. The smallest absolute Gasteiger partial charge is 0.268 e. The Labute approximate surface area is 156 Å². The number of rotatable bonds is 4. The van der Waals surface area contributed by atoms with Crippen LogP contribution < -0.4 is 10.9 Å². The number of carbonyl (C=O) groups is 1. The zero-order valence-electron chi connectivity index (χ0n) is 13.8. The first-order valence-corrected chi connectivity index (χ1v) is 9.48. The number of fused-ring (bicyclic) bond motifs is 1. The molecule has 0 fully saturated rings. The van der Waals surface area contributed by atoms with Crippen molar-refractivity contribution in [2.45, 2.75) is 13.5 Å². The van der Waals surface area contributed by atoms with Gasteiger partial charge in [0, 0.05) is 5.56 Å². The number of aryl methyl sites for hydroxylation is 1. The van der Waals surface area contributed by atoms with Crippen molar-refractivity contribution < 1.29 is 4.79 Å². The Morgan fingerprint density at radius 2 is 1.88 bits per heavy atom. The molecule has 2 heterocycles. The van der Waals surface area contributed by atoms with E-state index in [2.05, 4.69) is 15.5 Å². The number of carbonyl (C=O) groups excluding carboxylic acids is 1. The van der Waals surface area contributed by atoms with Gasteiger partial charge in [0.25, 0.3) is 5.56 Å². The SMILES string of the molecule is Cc1ccc(-c2nnc(NC(=O)Cn3sc4ccccc4c3=O)s2)cc1. The molecule has 0 aliphatic rings. The molecule has 0 atom stereocenters. The first-order chi connectivity index (χ1) is 12.6. The Morgan fingerprint density at radius 3 is 2.65 bits per heavy atom. The standard InChI is InChI=1S/C18H14N4O2S2/c1-11-6-8-12(9-7-11)16-20-21-18(25-16)19-15(23)10-22-17(24)13-4-2-3-5-14(13)26-22/h2-9H,10H2,1H3,(H,19,21,23). The van der Waals surface area contributed by atoms with Gasteiger partial charge in [0.05, 0.1) is 10.1 Å². The van der Waals surface area contributed by atoms with Crippen LogP contribution in [0.15, 0.2) is 53.3 Å². The third kappa shape index (κ3) is 3.29. The van der Waals surface area contributed by atoms with Gasteiger partial charge in [0.1, 0.15) is 11.6 Å². The van der Waals surface area contributed by atoms with Crippen molar-refractivity contribution >= 4 is 44.0 Å². The number of amides is 1. The number of aromatic nitrogens is 3. The van der Waals surface area contributed by atoms with Gasteiger partial charge in [-0.1, -0.05) is 64.8 Å². The molecule has 0 aliphatic heterocycles. The molecule has 1 N–H and O–H groups in total. The van der Waals surface area contributed by atoms with Crippen molar-refractivity contribution in [1.82, 2.24) is 14.2 Å². The van der Waals surface area contributed by atoms with Crippen molar-refractivity contribution in [3.8, 4) is 10.6 Å². The molecule has 0 saturated heterocycles. The van der Waals surface area contributed by atoms with E-state index in [4.69, 9.17) is 0 Å². The number of benzene rings is 2. The summed E-state index contributed by atoms with van der Waals surface area (Å²) in [4.78, 5) is 24.6. The van der Waals surface area contributed by atoms with Crippen LogP contribution in [0, 0.1) is 6.92 Å². The lowest BCUT2D eigenvalue weighted by molar-refractivity contribution is -0.116. The van der Waals surface area contributed by atoms with Crippen molar-refractivity contribution in [3.63, 3.8) is 0 Å². The van der Waals surface area contributed by atoms with E-state index in [0.29, 0.717) is 10.5 Å². The van der Waals surface area contributed by atoms with Gasteiger partial charge < -0.3 is 0 Å². The summed E-state index contributed by atoms with van der Waals surface area (Å²) in [5, 5.41) is 12.6. The number of nitrogens with zero attached hydrogens (tertiary/aromatic N) is 3. The molecule has 8 heteroatoms. The summed E-state index contributed by atoms with van der Waals surface area (Å²) in [5.74, 6) is -0.301. The van der Waals surface area contributed by atoms with E-state index in [9.17, 15) is 9.59 Å². The molecule has 1 amide bonds. The van der Waals surface area contributed by atoms with Gasteiger partial charge in [0.2, 0.25) is 11.0 Å². The Bertz CT molecular complexity index is 1140. The molecular weight excluding hydrogens is 368 g/mol. The maximum absolute atomic E-state index is 12.3. The van der Waals surface area contributed by atoms with Crippen LogP contribution in [0.2, 0.25) is 0 Å². The highest BCUT2D eigenvalue weighted by molar-refractivity contribution is 7.18. The Balaban J connectivity index is 1.49. The van der Waals surface area contributed by atoms with Gasteiger partial charge in [-0.3, -0.25) is 18.9 Å². The normalized spacial score (nSPS) is 11.0. The molecule has 130 valence electrons. The van der Waals surface area contributed by atoms with Crippen molar-refractivity contribution in [2.75, 3.05) is 5.32 Å². The molecule has 0 spiro atoms. The minimum atomic E-state index is -0.301. The van der Waals surface area contributed by atoms with Gasteiger partial charge in [-0.15, -0.1) is 10.2 Å². The van der Waals surface area contributed by atoms with Crippen LogP contribution >= 0.6 is 22.9 Å². The zero-order valence-corrected chi connectivity index (χ0v) is 15.4. The first-order valence-electron chi connectivity index (χ1n) is 7.89. The van der Waals surface area contributed by atoms with Gasteiger partial charge in [-0.2, -0.15) is 0 Å². The fourth-order valence-corrected chi connectivity index (χ4v) is 4.26. The Morgan fingerprint density at radius 1 is 1.12 bits per heavy atom. The lowest BCUT2D eigenvalue weighted by atomic mass is 10.2. The van der Waals surface area contributed by atoms with E-state index in [-0.39, 0.29) is 18.0 Å². The topological polar surface area (TPSA) is 76.9 Å². The average molecular weight is 382 g/mol. The number of hydrogen-bond donors (Lipinski definition) is 1. The molecule has 26 heavy (non-hydrogen) atoms. The highest BCUT2D eigenvalue weighted by Crippen LogP contribution is 2.26. The molecule has 0 aliphatic carbocycles. The fraction of sp³-hybridized carbons (Fsp3) is 0.111. The zero-order chi connectivity index (χ0) is 18.1. The second-order valence-corrected chi connectivity index (χ2v) is 7.80. The van der Waals surface area contributed by atoms with E-state index in [0.717, 1.165) is 15.3 Å². The quantitative estimate of drug-likeness (QED) is 0.586. The van der Waals surface area contributed by atoms with Crippen molar-refractivity contribution in [3.05, 3.63) is 64.4 Å². The highest BCUT2D eigenvalue weighted by atomic mass is 32.1. The van der Waals surface area contributed by atoms with Gasteiger partial charge in [-0.05, 0) is 19.1 Å². The molecule has 0 radical (unpaired) electrons. The summed E-state index contributed by atoms with van der Waals surface area (Å²) < 4.78 is 2.31. The molecule has 4 rings (SSSR count). The number of nitrogens with one attached hydrogen (secondary N) is 1. The van der Waals surface area contributed by atoms with E-state index in [1.165, 1.54) is 32.4 Å². The maximum Gasteiger partial charge on any atom is 0.268 e. The van der Waals surface area contributed by atoms with Gasteiger partial charge >= 0.3 is 0 Å². The number of hydrogen-bond acceptors (Lipinski definition) is 6. The first kappa shape index (κ1) is 16.6. The van der Waals surface area contributed by atoms with Crippen LogP contribution in [0.25, 0.3) is 20.7 Å². The van der Waals surface area contributed by atoms with Crippen molar-refractivity contribution in [1.29, 1.82) is 0 Å². The second kappa shape index (κ2) is 6.81. The minimum absolute atomic E-state index is 0.0440. The van der Waals surface area contributed by atoms with E-state index < -0.39 is 0 Å². The average Bonchev–Trinajstić information content (AvgIpc) is 3.21.